The van der Waals surface area contributed by atoms with E-state index in [4.69, 9.17) is 16.3 Å². The largest absolute Gasteiger partial charge is 0.482 e. The lowest BCUT2D eigenvalue weighted by Crippen LogP contribution is -2.43. The molecule has 3 aliphatic rings. The highest BCUT2D eigenvalue weighted by atomic mass is 35.5. The van der Waals surface area contributed by atoms with Crippen LogP contribution in [0.15, 0.2) is 66.4 Å². The number of ketones is 1. The molecule has 2 aliphatic heterocycles. The second-order valence-corrected chi connectivity index (χ2v) is 16.1. The number of likely N-dealkylation sites (tertiary alicyclic amines) is 2. The highest BCUT2D eigenvalue weighted by Crippen LogP contribution is 2.48. The van der Waals surface area contributed by atoms with Crippen molar-refractivity contribution in [2.45, 2.75) is 104 Å². The third-order valence-electron chi connectivity index (χ3n) is 12.1. The Hall–Kier alpha value is -3.19. The van der Waals surface area contributed by atoms with Crippen molar-refractivity contribution in [3.8, 4) is 5.75 Å². The summed E-state index contributed by atoms with van der Waals surface area (Å²) in [5, 5.41) is 0.405. The van der Waals surface area contributed by atoms with Crippen LogP contribution in [0.5, 0.6) is 5.75 Å². The van der Waals surface area contributed by atoms with Crippen molar-refractivity contribution in [2.24, 2.45) is 5.92 Å². The number of carbonyl (C=O) groups is 1. The Balaban J connectivity index is 1.19. The van der Waals surface area contributed by atoms with Crippen molar-refractivity contribution in [2.75, 3.05) is 50.7 Å². The van der Waals surface area contributed by atoms with Gasteiger partial charge in [-0.1, -0.05) is 67.4 Å². The summed E-state index contributed by atoms with van der Waals surface area (Å²) in [6.45, 7) is 17.7. The van der Waals surface area contributed by atoms with Gasteiger partial charge < -0.3 is 14.5 Å². The van der Waals surface area contributed by atoms with Gasteiger partial charge in [0.25, 0.3) is 0 Å². The highest BCUT2D eigenvalue weighted by molar-refractivity contribution is 6.30. The molecule has 7 heteroatoms. The molecule has 0 amide bonds. The molecule has 0 bridgehead atoms. The lowest BCUT2D eigenvalue weighted by molar-refractivity contribution is -0.0203. The molecule has 3 aromatic rings. The normalized spacial score (nSPS) is 19.0. The van der Waals surface area contributed by atoms with E-state index in [1.807, 2.05) is 12.1 Å². The summed E-state index contributed by atoms with van der Waals surface area (Å²) < 4.78 is 22.6. The van der Waals surface area contributed by atoms with Gasteiger partial charge in [-0.25, -0.2) is 4.39 Å². The minimum Gasteiger partial charge on any atom is -0.482 e. The number of nitrogens with zero attached hydrogens (tertiary/aromatic N) is 3. The number of halogens is 2. The molecule has 0 radical (unpaired) electrons. The van der Waals surface area contributed by atoms with Crippen molar-refractivity contribution in [1.82, 2.24) is 9.80 Å². The summed E-state index contributed by atoms with van der Waals surface area (Å²) in [6, 6.07) is 17.8. The Morgan fingerprint density at radius 2 is 1.71 bits per heavy atom. The second-order valence-electron chi connectivity index (χ2n) is 15.7. The first-order valence-corrected chi connectivity index (χ1v) is 20.2. The Labute approximate surface area is 317 Å². The van der Waals surface area contributed by atoms with Crippen LogP contribution in [0.3, 0.4) is 0 Å². The number of hydrogen-bond acceptors (Lipinski definition) is 5. The first kappa shape index (κ1) is 38.5. The van der Waals surface area contributed by atoms with E-state index in [0.717, 1.165) is 93.8 Å². The molecule has 3 fully saturated rings. The number of para-hydroxylation sites is 1. The second kappa shape index (κ2) is 17.3. The van der Waals surface area contributed by atoms with Crippen molar-refractivity contribution in [1.29, 1.82) is 0 Å². The van der Waals surface area contributed by atoms with Gasteiger partial charge in [0.2, 0.25) is 0 Å². The summed E-state index contributed by atoms with van der Waals surface area (Å²) in [6.07, 6.45) is 11.5. The van der Waals surface area contributed by atoms with E-state index in [0.29, 0.717) is 22.9 Å². The van der Waals surface area contributed by atoms with Gasteiger partial charge in [0.15, 0.2) is 5.78 Å². The predicted octanol–water partition coefficient (Wildman–Crippen LogP) is 10.9. The zero-order valence-electron chi connectivity index (χ0n) is 32.2. The molecule has 3 aromatic carbocycles. The molecule has 52 heavy (non-hydrogen) atoms. The van der Waals surface area contributed by atoms with Gasteiger partial charge >= 0.3 is 0 Å². The topological polar surface area (TPSA) is 36.0 Å². The molecule has 1 unspecified atom stereocenters. The number of piperidine rings is 1. The van der Waals surface area contributed by atoms with Gasteiger partial charge in [-0.15, -0.1) is 0 Å². The van der Waals surface area contributed by atoms with E-state index in [1.54, 1.807) is 6.07 Å². The molecule has 280 valence electrons. The van der Waals surface area contributed by atoms with Gasteiger partial charge in [-0.3, -0.25) is 9.69 Å². The van der Waals surface area contributed by atoms with Crippen molar-refractivity contribution in [3.63, 3.8) is 0 Å². The minimum absolute atomic E-state index is 0.221. The molecule has 5 nitrogen and oxygen atoms in total. The number of allylic oxidation sites excluding steroid dienone is 1. The molecule has 0 N–H and O–H groups in total. The van der Waals surface area contributed by atoms with Crippen molar-refractivity contribution in [3.05, 3.63) is 105 Å². The molecule has 1 saturated carbocycles. The predicted molar refractivity (Wildman–Crippen MR) is 214 cm³/mol. The Morgan fingerprint density at radius 1 is 0.962 bits per heavy atom. The molecule has 1 aliphatic carbocycles. The van der Waals surface area contributed by atoms with Crippen LogP contribution in [0, 0.1) is 25.6 Å². The number of benzene rings is 3. The van der Waals surface area contributed by atoms with Crippen molar-refractivity contribution >= 4 is 23.1 Å². The molecule has 2 heterocycles. The summed E-state index contributed by atoms with van der Waals surface area (Å²) in [5.74, 6) is 1.45. The van der Waals surface area contributed by atoms with Crippen molar-refractivity contribution < 1.29 is 13.9 Å². The number of ether oxygens (including phenoxy) is 1. The lowest BCUT2D eigenvalue weighted by Gasteiger charge is -2.44. The monoisotopic (exact) mass is 727 g/mol. The first-order valence-electron chi connectivity index (χ1n) is 19.9. The molecular formula is C45H59ClFN3O2. The number of anilines is 1. The third-order valence-corrected chi connectivity index (χ3v) is 12.4. The van der Waals surface area contributed by atoms with Crippen LogP contribution in [-0.2, 0) is 5.60 Å². The number of Topliss-reactive ketones (excluding diaryl/α,β-unsaturated/α-hetero) is 1. The Kier molecular flexibility index (Phi) is 12.8. The SMILES string of the molecule is CC=C(CN1CCC(c2cccc(C)c2OC(C)(c2ccc(Cl)cc2F)C2CCC2)CC1)N(CCN1CCCC1)c1cc(C(=O)CCC)ccc1C. The maximum atomic E-state index is 15.5. The molecular weight excluding hydrogens is 669 g/mol. The number of carbonyl (C=O) groups excluding carboxylic acids is 1. The molecule has 1 atom stereocenters. The van der Waals surface area contributed by atoms with Gasteiger partial charge in [-0.05, 0) is 140 Å². The van der Waals surface area contributed by atoms with E-state index < -0.39 is 5.60 Å². The molecule has 0 spiro atoms. The smallest absolute Gasteiger partial charge is 0.162 e. The Morgan fingerprint density at radius 3 is 2.37 bits per heavy atom. The van der Waals surface area contributed by atoms with E-state index in [-0.39, 0.29) is 17.5 Å². The highest BCUT2D eigenvalue weighted by Gasteiger charge is 2.44. The fourth-order valence-electron chi connectivity index (χ4n) is 8.63. The average molecular weight is 728 g/mol. The zero-order valence-corrected chi connectivity index (χ0v) is 32.9. The van der Waals surface area contributed by atoms with E-state index in [1.165, 1.54) is 48.8 Å². The minimum atomic E-state index is -0.773. The van der Waals surface area contributed by atoms with Crippen LogP contribution in [0.2, 0.25) is 5.02 Å². The van der Waals surface area contributed by atoms with Gasteiger partial charge in [0, 0.05) is 59.5 Å². The maximum absolute atomic E-state index is 15.5. The van der Waals surface area contributed by atoms with Crippen LogP contribution in [-0.4, -0.2) is 61.4 Å². The number of aryl methyl sites for hydroxylation is 2. The number of hydrogen-bond donors (Lipinski definition) is 0. The first-order chi connectivity index (χ1) is 25.1. The fraction of sp³-hybridized carbons (Fsp3) is 0.533. The molecule has 0 aromatic heterocycles. The van der Waals surface area contributed by atoms with Crippen LogP contribution in [0.1, 0.15) is 117 Å². The van der Waals surface area contributed by atoms with Gasteiger partial charge in [0.05, 0.1) is 0 Å². The summed E-state index contributed by atoms with van der Waals surface area (Å²) in [4.78, 5) is 20.7. The standard InChI is InChI=1S/C45H59ClFN3O2/c1-6-12-43(51)35-18-17-32(3)42(29-35)50(28-27-48-23-8-9-24-48)38(7-2)31-49-25-21-34(22-26-49)39-16-10-13-33(4)44(39)52-45(5,36-14-11-15-36)40-20-19-37(46)30-41(40)47/h7,10,13,16-20,29-30,34,36H,6,8-9,11-12,14-15,21-28,31H2,1-5H3. The Bertz CT molecular complexity index is 1720. The summed E-state index contributed by atoms with van der Waals surface area (Å²) in [5.41, 5.74) is 6.61. The van der Waals surface area contributed by atoms with Crippen LogP contribution < -0.4 is 9.64 Å². The quantitative estimate of drug-likeness (QED) is 0.146. The van der Waals surface area contributed by atoms with Crippen LogP contribution in [0.25, 0.3) is 0 Å². The van der Waals surface area contributed by atoms with E-state index >= 15 is 4.39 Å². The molecule has 6 rings (SSSR count). The maximum Gasteiger partial charge on any atom is 0.162 e. The molecule has 2 saturated heterocycles. The summed E-state index contributed by atoms with van der Waals surface area (Å²) >= 11 is 6.18. The lowest BCUT2D eigenvalue weighted by atomic mass is 9.70. The average Bonchev–Trinajstić information content (AvgIpc) is 3.63. The third kappa shape index (κ3) is 8.61. The van der Waals surface area contributed by atoms with Crippen LogP contribution in [0.4, 0.5) is 10.1 Å². The van der Waals surface area contributed by atoms with E-state index in [2.05, 4.69) is 85.7 Å². The van der Waals surface area contributed by atoms with E-state index in [9.17, 15) is 4.79 Å². The zero-order chi connectivity index (χ0) is 36.8. The van der Waals surface area contributed by atoms with Gasteiger partial charge in [-0.2, -0.15) is 0 Å². The van der Waals surface area contributed by atoms with Gasteiger partial charge in [0.1, 0.15) is 17.2 Å². The number of rotatable bonds is 15. The fourth-order valence-corrected chi connectivity index (χ4v) is 8.79. The van der Waals surface area contributed by atoms with Crippen LogP contribution >= 0.6 is 11.6 Å². The summed E-state index contributed by atoms with van der Waals surface area (Å²) in [7, 11) is 0.